The largest absolute Gasteiger partial charge is 0.462 e. The first kappa shape index (κ1) is 52.9. The van der Waals surface area contributed by atoms with Crippen LogP contribution in [0.5, 0.6) is 0 Å². The minimum atomic E-state index is -0.768. The molecule has 0 aliphatic heterocycles. The summed E-state index contributed by atoms with van der Waals surface area (Å²) >= 11 is 0. The molecule has 0 aromatic heterocycles. The van der Waals surface area contributed by atoms with Gasteiger partial charge in [0, 0.05) is 19.3 Å². The highest BCUT2D eigenvalue weighted by atomic mass is 16.6. The van der Waals surface area contributed by atoms with Gasteiger partial charge in [0.2, 0.25) is 0 Å². The Morgan fingerprint density at radius 2 is 0.655 bits per heavy atom. The Kier molecular flexibility index (Phi) is 42.9. The highest BCUT2D eigenvalue weighted by Gasteiger charge is 2.19. The smallest absolute Gasteiger partial charge is 0.306 e. The average Bonchev–Trinajstić information content (AvgIpc) is 3.18. The minimum absolute atomic E-state index is 0.0718. The predicted molar refractivity (Wildman–Crippen MR) is 233 cm³/mol. The van der Waals surface area contributed by atoms with E-state index in [1.807, 2.05) is 0 Å². The standard InChI is InChI=1S/C49H90O6/c1-4-7-10-13-16-19-22-23-24-25-26-28-30-33-36-39-42-48(51)54-45-46(44-53-47(50)41-38-35-32-29-21-18-15-12-9-6-3)55-49(52)43-40-37-34-31-27-20-17-14-11-8-5-2/h19,22,24-25,46H,4-18,20-21,23,26-45H2,1-3H3/b22-19-,25-24-. The van der Waals surface area contributed by atoms with Gasteiger partial charge >= 0.3 is 17.9 Å². The molecule has 0 N–H and O–H groups in total. The van der Waals surface area contributed by atoms with Crippen molar-refractivity contribution in [3.63, 3.8) is 0 Å². The second-order valence-electron chi connectivity index (χ2n) is 16.0. The highest BCUT2D eigenvalue weighted by Crippen LogP contribution is 2.15. The third-order valence-corrected chi connectivity index (χ3v) is 10.5. The molecule has 6 heteroatoms. The monoisotopic (exact) mass is 775 g/mol. The lowest BCUT2D eigenvalue weighted by Crippen LogP contribution is -2.30. The quantitative estimate of drug-likeness (QED) is 0.0266. The van der Waals surface area contributed by atoms with Crippen LogP contribution >= 0.6 is 0 Å². The van der Waals surface area contributed by atoms with Gasteiger partial charge in [-0.1, -0.05) is 206 Å². The van der Waals surface area contributed by atoms with Crippen LogP contribution in [-0.2, 0) is 28.6 Å². The van der Waals surface area contributed by atoms with Crippen LogP contribution in [0.15, 0.2) is 24.3 Å². The number of carbonyl (C=O) groups excluding carboxylic acids is 3. The number of ether oxygens (including phenoxy) is 3. The first-order valence-electron chi connectivity index (χ1n) is 23.8. The number of rotatable bonds is 43. The fraction of sp³-hybridized carbons (Fsp3) is 0.857. The molecule has 0 aromatic carbocycles. The number of esters is 3. The lowest BCUT2D eigenvalue weighted by atomic mass is 10.1. The van der Waals surface area contributed by atoms with Crippen LogP contribution in [0, 0.1) is 0 Å². The van der Waals surface area contributed by atoms with Crippen LogP contribution in [0.25, 0.3) is 0 Å². The normalized spacial score (nSPS) is 12.1. The van der Waals surface area contributed by atoms with Gasteiger partial charge in [0.25, 0.3) is 0 Å². The zero-order chi connectivity index (χ0) is 40.1. The van der Waals surface area contributed by atoms with Gasteiger partial charge in [-0.3, -0.25) is 14.4 Å². The van der Waals surface area contributed by atoms with Crippen molar-refractivity contribution in [1.29, 1.82) is 0 Å². The van der Waals surface area contributed by atoms with Crippen LogP contribution < -0.4 is 0 Å². The summed E-state index contributed by atoms with van der Waals surface area (Å²) in [5.74, 6) is -0.880. The lowest BCUT2D eigenvalue weighted by Gasteiger charge is -2.18. The summed E-state index contributed by atoms with van der Waals surface area (Å²) in [6.45, 7) is 6.60. The van der Waals surface area contributed by atoms with Gasteiger partial charge in [-0.2, -0.15) is 0 Å². The molecule has 0 fully saturated rings. The maximum absolute atomic E-state index is 12.7. The first-order valence-corrected chi connectivity index (χ1v) is 23.8. The molecule has 0 amide bonds. The van der Waals surface area contributed by atoms with Crippen molar-refractivity contribution in [3.8, 4) is 0 Å². The Hall–Kier alpha value is -2.11. The van der Waals surface area contributed by atoms with Crippen LogP contribution in [0.4, 0.5) is 0 Å². The average molecular weight is 775 g/mol. The van der Waals surface area contributed by atoms with Crippen molar-refractivity contribution in [1.82, 2.24) is 0 Å². The fourth-order valence-electron chi connectivity index (χ4n) is 6.82. The Balaban J connectivity index is 4.34. The molecule has 322 valence electrons. The van der Waals surface area contributed by atoms with Gasteiger partial charge < -0.3 is 14.2 Å². The van der Waals surface area contributed by atoms with Crippen molar-refractivity contribution in [2.75, 3.05) is 13.2 Å². The Bertz CT molecular complexity index is 896. The number of hydrogen-bond acceptors (Lipinski definition) is 6. The Morgan fingerprint density at radius 3 is 1.02 bits per heavy atom. The molecule has 1 unspecified atom stereocenters. The van der Waals surface area contributed by atoms with E-state index in [0.29, 0.717) is 19.3 Å². The van der Waals surface area contributed by atoms with Crippen molar-refractivity contribution < 1.29 is 28.6 Å². The van der Waals surface area contributed by atoms with E-state index in [1.165, 1.54) is 135 Å². The zero-order valence-electron chi connectivity index (χ0n) is 36.7. The third-order valence-electron chi connectivity index (χ3n) is 10.5. The molecule has 0 spiro atoms. The van der Waals surface area contributed by atoms with Crippen molar-refractivity contribution in [2.24, 2.45) is 0 Å². The number of carbonyl (C=O) groups is 3. The molecular formula is C49H90O6. The SMILES string of the molecule is CCCCCC/C=C\C/C=C\CCCCCCCC(=O)OCC(COC(=O)CCCCCCCCCCCC)OC(=O)CCCCCCCCCCCCC. The molecule has 0 aliphatic rings. The topological polar surface area (TPSA) is 78.9 Å². The van der Waals surface area contributed by atoms with E-state index in [0.717, 1.165) is 77.0 Å². The summed E-state index contributed by atoms with van der Waals surface area (Å²) in [5, 5.41) is 0. The van der Waals surface area contributed by atoms with E-state index in [2.05, 4.69) is 45.1 Å². The Morgan fingerprint density at radius 1 is 0.364 bits per heavy atom. The van der Waals surface area contributed by atoms with Crippen molar-refractivity contribution in [3.05, 3.63) is 24.3 Å². The van der Waals surface area contributed by atoms with Gasteiger partial charge in [0.1, 0.15) is 13.2 Å². The molecule has 0 saturated heterocycles. The van der Waals surface area contributed by atoms with E-state index < -0.39 is 6.10 Å². The molecule has 0 aliphatic carbocycles. The highest BCUT2D eigenvalue weighted by molar-refractivity contribution is 5.71. The Labute approximate surface area is 341 Å². The molecule has 6 nitrogen and oxygen atoms in total. The molecule has 0 bridgehead atoms. The molecule has 0 heterocycles. The van der Waals surface area contributed by atoms with Gasteiger partial charge in [-0.25, -0.2) is 0 Å². The minimum Gasteiger partial charge on any atom is -0.462 e. The van der Waals surface area contributed by atoms with Crippen molar-refractivity contribution in [2.45, 2.75) is 258 Å². The molecule has 0 aromatic rings. The fourth-order valence-corrected chi connectivity index (χ4v) is 6.82. The molecular weight excluding hydrogens is 685 g/mol. The molecule has 0 rings (SSSR count). The van der Waals surface area contributed by atoms with E-state index in [-0.39, 0.29) is 31.1 Å². The summed E-state index contributed by atoms with van der Waals surface area (Å²) in [5.41, 5.74) is 0. The zero-order valence-corrected chi connectivity index (χ0v) is 36.7. The number of allylic oxidation sites excluding steroid dienone is 4. The second-order valence-corrected chi connectivity index (χ2v) is 16.0. The summed E-state index contributed by atoms with van der Waals surface area (Å²) < 4.78 is 16.7. The van der Waals surface area contributed by atoms with E-state index in [1.54, 1.807) is 0 Å². The molecule has 0 radical (unpaired) electrons. The van der Waals surface area contributed by atoms with Crippen molar-refractivity contribution >= 4 is 17.9 Å². The third kappa shape index (κ3) is 42.9. The van der Waals surface area contributed by atoms with Gasteiger partial charge in [-0.05, 0) is 51.4 Å². The summed E-state index contributed by atoms with van der Waals surface area (Å²) in [4.78, 5) is 37.7. The van der Waals surface area contributed by atoms with E-state index >= 15 is 0 Å². The van der Waals surface area contributed by atoms with Crippen LogP contribution in [0.3, 0.4) is 0 Å². The van der Waals surface area contributed by atoms with E-state index in [4.69, 9.17) is 14.2 Å². The predicted octanol–water partition coefficient (Wildman–Crippen LogP) is 15.2. The lowest BCUT2D eigenvalue weighted by molar-refractivity contribution is -0.167. The van der Waals surface area contributed by atoms with Crippen LogP contribution in [-0.4, -0.2) is 37.2 Å². The maximum Gasteiger partial charge on any atom is 0.306 e. The van der Waals surface area contributed by atoms with Gasteiger partial charge in [0.05, 0.1) is 0 Å². The van der Waals surface area contributed by atoms with Crippen LogP contribution in [0.2, 0.25) is 0 Å². The molecule has 55 heavy (non-hydrogen) atoms. The summed E-state index contributed by atoms with van der Waals surface area (Å²) in [6, 6.07) is 0. The van der Waals surface area contributed by atoms with Gasteiger partial charge in [-0.15, -0.1) is 0 Å². The summed E-state index contributed by atoms with van der Waals surface area (Å²) in [6.07, 6.45) is 48.7. The van der Waals surface area contributed by atoms with E-state index in [9.17, 15) is 14.4 Å². The first-order chi connectivity index (χ1) is 27.0. The second kappa shape index (κ2) is 44.6. The number of hydrogen-bond donors (Lipinski definition) is 0. The summed E-state index contributed by atoms with van der Waals surface area (Å²) in [7, 11) is 0. The maximum atomic E-state index is 12.7. The number of unbranched alkanes of at least 4 members (excludes halogenated alkanes) is 28. The van der Waals surface area contributed by atoms with Crippen LogP contribution in [0.1, 0.15) is 252 Å². The van der Waals surface area contributed by atoms with Gasteiger partial charge in [0.15, 0.2) is 6.10 Å². The molecule has 0 saturated carbocycles. The molecule has 1 atom stereocenters.